The molecular formula is C27H34Cl2N6O2. The number of H-pyrrole nitrogens is 1. The number of nitrogens with one attached hydrogen (secondary N) is 2. The van der Waals surface area contributed by atoms with Gasteiger partial charge in [0.2, 0.25) is 0 Å². The number of rotatable bonds is 5. The van der Waals surface area contributed by atoms with Crippen LogP contribution in [0.5, 0.6) is 0 Å². The molecule has 2 saturated heterocycles. The Morgan fingerprint density at radius 2 is 1.78 bits per heavy atom. The minimum absolute atomic E-state index is 0. The van der Waals surface area contributed by atoms with Crippen LogP contribution >= 0.6 is 24.0 Å². The zero-order valence-corrected chi connectivity index (χ0v) is 22.8. The predicted molar refractivity (Wildman–Crippen MR) is 148 cm³/mol. The Morgan fingerprint density at radius 3 is 2.46 bits per heavy atom. The summed E-state index contributed by atoms with van der Waals surface area (Å²) in [7, 11) is 2.17. The topological polar surface area (TPSA) is 84.6 Å². The molecule has 0 unspecified atom stereocenters. The second-order valence-corrected chi connectivity index (χ2v) is 10.5. The van der Waals surface area contributed by atoms with Crippen molar-refractivity contribution in [2.45, 2.75) is 31.3 Å². The van der Waals surface area contributed by atoms with Gasteiger partial charge >= 0.3 is 0 Å². The van der Waals surface area contributed by atoms with E-state index in [2.05, 4.69) is 32.1 Å². The molecule has 2 N–H and O–H groups in total. The molecule has 0 radical (unpaired) electrons. The number of hydrogen-bond acceptors (Lipinski definition) is 5. The van der Waals surface area contributed by atoms with Crippen LogP contribution in [0.1, 0.15) is 35.9 Å². The van der Waals surface area contributed by atoms with Gasteiger partial charge in [0, 0.05) is 54.3 Å². The van der Waals surface area contributed by atoms with Gasteiger partial charge in [0.15, 0.2) is 5.54 Å². The van der Waals surface area contributed by atoms with Crippen molar-refractivity contribution >= 4 is 46.7 Å². The molecule has 37 heavy (non-hydrogen) atoms. The van der Waals surface area contributed by atoms with Crippen molar-refractivity contribution in [1.82, 2.24) is 30.0 Å². The number of fused-ring (bicyclic) bond motifs is 1. The summed E-state index contributed by atoms with van der Waals surface area (Å²) in [6, 6.07) is 13.2. The maximum Gasteiger partial charge on any atom is 0.268 e. The molecule has 2 amide bonds. The van der Waals surface area contributed by atoms with Crippen molar-refractivity contribution in [3.63, 3.8) is 0 Å². The first-order chi connectivity index (χ1) is 17.3. The van der Waals surface area contributed by atoms with Gasteiger partial charge in [0.05, 0.1) is 5.69 Å². The van der Waals surface area contributed by atoms with Crippen molar-refractivity contribution in [3.05, 3.63) is 65.1 Å². The van der Waals surface area contributed by atoms with Crippen LogP contribution < -0.4 is 5.32 Å². The molecule has 2 aromatic heterocycles. The number of benzene rings is 1. The number of aromatic amines is 1. The highest BCUT2D eigenvalue weighted by Crippen LogP contribution is 2.26. The molecule has 1 aromatic carbocycles. The zero-order chi connectivity index (χ0) is 25.3. The number of nitrogens with zero attached hydrogens (tertiary/aromatic N) is 4. The first-order valence-electron chi connectivity index (χ1n) is 12.6. The summed E-state index contributed by atoms with van der Waals surface area (Å²) in [5.74, 6) is -0.509. The lowest BCUT2D eigenvalue weighted by molar-refractivity contribution is -0.140. The maximum atomic E-state index is 13.9. The maximum absolute atomic E-state index is 13.9. The smallest absolute Gasteiger partial charge is 0.268 e. The average molecular weight is 546 g/mol. The predicted octanol–water partition coefficient (Wildman–Crippen LogP) is 3.52. The van der Waals surface area contributed by atoms with Gasteiger partial charge in [0.1, 0.15) is 5.69 Å². The number of likely N-dealkylation sites (tertiary alicyclic amines) is 1. The molecule has 8 nitrogen and oxygen atoms in total. The molecule has 4 heterocycles. The van der Waals surface area contributed by atoms with Crippen molar-refractivity contribution in [3.8, 4) is 0 Å². The third-order valence-corrected chi connectivity index (χ3v) is 7.84. The van der Waals surface area contributed by atoms with E-state index in [1.807, 2.05) is 17.0 Å². The molecule has 2 aliphatic rings. The van der Waals surface area contributed by atoms with Crippen LogP contribution in [0, 0.1) is 0 Å². The van der Waals surface area contributed by atoms with Crippen LogP contribution in [0.25, 0.3) is 10.9 Å². The lowest BCUT2D eigenvalue weighted by atomic mass is 9.93. The third kappa shape index (κ3) is 5.77. The van der Waals surface area contributed by atoms with Crippen LogP contribution in [0.4, 0.5) is 0 Å². The molecule has 5 rings (SSSR count). The molecule has 0 spiro atoms. The molecule has 3 aromatic rings. The standard InChI is InChI=1S/C27H33ClN6O2.ClH/c1-27(24-5-3-4-10-29-24,31-25(35)23-18-19-17-20(28)6-7-22(19)30-23)26(36)34-15-13-33(14-16-34)21-8-11-32(2)12-9-21;/h3-7,10,17-18,21,30H,8-9,11-16H2,1-2H3,(H,31,35);1H/t27-;/m0./s1. The molecule has 10 heteroatoms. The van der Waals surface area contributed by atoms with Crippen molar-refractivity contribution in [2.75, 3.05) is 46.3 Å². The summed E-state index contributed by atoms with van der Waals surface area (Å²) in [6.45, 7) is 6.94. The number of hydrogen-bond donors (Lipinski definition) is 2. The summed E-state index contributed by atoms with van der Waals surface area (Å²) < 4.78 is 0. The highest BCUT2D eigenvalue weighted by Gasteiger charge is 2.42. The number of piperazine rings is 1. The van der Waals surface area contributed by atoms with Crippen molar-refractivity contribution in [2.24, 2.45) is 0 Å². The summed E-state index contributed by atoms with van der Waals surface area (Å²) in [6.07, 6.45) is 3.99. The van der Waals surface area contributed by atoms with E-state index in [-0.39, 0.29) is 24.2 Å². The number of pyridine rings is 1. The van der Waals surface area contributed by atoms with E-state index in [0.29, 0.717) is 35.5 Å². The van der Waals surface area contributed by atoms with Crippen LogP contribution in [0.2, 0.25) is 5.02 Å². The summed E-state index contributed by atoms with van der Waals surface area (Å²) >= 11 is 6.11. The van der Waals surface area contributed by atoms with E-state index in [1.54, 1.807) is 43.5 Å². The van der Waals surface area contributed by atoms with Gasteiger partial charge in [-0.1, -0.05) is 17.7 Å². The van der Waals surface area contributed by atoms with Crippen LogP contribution in [-0.2, 0) is 10.3 Å². The Kier molecular flexibility index (Phi) is 8.43. The first kappa shape index (κ1) is 27.4. The van der Waals surface area contributed by atoms with E-state index in [0.717, 1.165) is 37.1 Å². The molecular weight excluding hydrogens is 511 g/mol. The second-order valence-electron chi connectivity index (χ2n) is 10.1. The van der Waals surface area contributed by atoms with Crippen LogP contribution in [-0.4, -0.2) is 88.8 Å². The summed E-state index contributed by atoms with van der Waals surface area (Å²) in [4.78, 5) is 41.7. The van der Waals surface area contributed by atoms with Crippen LogP contribution in [0.15, 0.2) is 48.7 Å². The van der Waals surface area contributed by atoms with E-state index < -0.39 is 5.54 Å². The number of piperidine rings is 1. The number of aromatic nitrogens is 2. The van der Waals surface area contributed by atoms with E-state index in [1.165, 1.54) is 12.8 Å². The van der Waals surface area contributed by atoms with Gasteiger partial charge in [-0.3, -0.25) is 19.5 Å². The van der Waals surface area contributed by atoms with Gasteiger partial charge in [-0.15, -0.1) is 12.4 Å². The Hall–Kier alpha value is -2.65. The molecule has 0 bridgehead atoms. The number of carbonyl (C=O) groups excluding carboxylic acids is 2. The quantitative estimate of drug-likeness (QED) is 0.513. The third-order valence-electron chi connectivity index (χ3n) is 7.60. The summed E-state index contributed by atoms with van der Waals surface area (Å²) in [5, 5.41) is 4.44. The van der Waals surface area contributed by atoms with Gasteiger partial charge in [-0.25, -0.2) is 0 Å². The fourth-order valence-electron chi connectivity index (χ4n) is 5.37. The van der Waals surface area contributed by atoms with Gasteiger partial charge < -0.3 is 20.1 Å². The number of carbonyl (C=O) groups is 2. The van der Waals surface area contributed by atoms with Crippen molar-refractivity contribution < 1.29 is 9.59 Å². The van der Waals surface area contributed by atoms with Gasteiger partial charge in [0.25, 0.3) is 11.8 Å². The fourth-order valence-corrected chi connectivity index (χ4v) is 5.55. The van der Waals surface area contributed by atoms with Gasteiger partial charge in [-0.2, -0.15) is 0 Å². The van der Waals surface area contributed by atoms with E-state index in [4.69, 9.17) is 11.6 Å². The zero-order valence-electron chi connectivity index (χ0n) is 21.2. The fraction of sp³-hybridized carbons (Fsp3) is 0.444. The van der Waals surface area contributed by atoms with Crippen LogP contribution in [0.3, 0.4) is 0 Å². The molecule has 0 aliphatic carbocycles. The second kappa shape index (κ2) is 11.4. The number of halogens is 2. The highest BCUT2D eigenvalue weighted by molar-refractivity contribution is 6.31. The summed E-state index contributed by atoms with van der Waals surface area (Å²) in [5.41, 5.74) is 0.387. The average Bonchev–Trinajstić information content (AvgIpc) is 3.33. The molecule has 1 atom stereocenters. The minimum Gasteiger partial charge on any atom is -0.351 e. The molecule has 2 fully saturated rings. The lowest BCUT2D eigenvalue weighted by Gasteiger charge is -2.44. The van der Waals surface area contributed by atoms with Gasteiger partial charge in [-0.05, 0) is 76.3 Å². The van der Waals surface area contributed by atoms with E-state index in [9.17, 15) is 9.59 Å². The normalized spacial score (nSPS) is 19.3. The Balaban J connectivity index is 0.00000320. The Morgan fingerprint density at radius 1 is 1.05 bits per heavy atom. The monoisotopic (exact) mass is 544 g/mol. The molecule has 198 valence electrons. The van der Waals surface area contributed by atoms with E-state index >= 15 is 0 Å². The number of amides is 2. The largest absolute Gasteiger partial charge is 0.351 e. The SMILES string of the molecule is CN1CCC(N2CCN(C(=O)[C@@](C)(NC(=O)c3cc4cc(Cl)ccc4[nH]3)c3ccccn3)CC2)CC1.Cl. The molecule has 2 aliphatic heterocycles. The minimum atomic E-state index is -1.30. The van der Waals surface area contributed by atoms with Crippen molar-refractivity contribution in [1.29, 1.82) is 0 Å². The Labute approximate surface area is 228 Å². The highest BCUT2D eigenvalue weighted by atomic mass is 35.5. The Bertz CT molecular complexity index is 1240. The lowest BCUT2D eigenvalue weighted by Crippen LogP contribution is -2.61. The first-order valence-corrected chi connectivity index (χ1v) is 13.0. The molecule has 0 saturated carbocycles.